The lowest BCUT2D eigenvalue weighted by atomic mass is 10.0. The molecule has 2 aromatic carbocycles. The Bertz CT molecular complexity index is 571. The predicted octanol–water partition coefficient (Wildman–Crippen LogP) is 3.91. The fraction of sp³-hybridized carbons (Fsp3) is 0.222. The molecule has 0 aliphatic rings. The molecule has 0 amide bonds. The van der Waals surface area contributed by atoms with E-state index in [1.807, 2.05) is 32.0 Å². The van der Waals surface area contributed by atoms with Crippen LogP contribution in [0.25, 0.3) is 0 Å². The smallest absolute Gasteiger partial charge is 0.193 e. The van der Waals surface area contributed by atoms with E-state index in [9.17, 15) is 9.59 Å². The average molecular weight is 284 g/mol. The zero-order valence-electron chi connectivity index (χ0n) is 12.6. The summed E-state index contributed by atoms with van der Waals surface area (Å²) < 4.78 is 5.25. The molecule has 0 spiro atoms. The first kappa shape index (κ1) is 16.6. The van der Waals surface area contributed by atoms with Gasteiger partial charge in [-0.3, -0.25) is 9.59 Å². The average Bonchev–Trinajstić information content (AvgIpc) is 2.55. The molecule has 0 N–H and O–H groups in total. The lowest BCUT2D eigenvalue weighted by Gasteiger charge is -2.05. The van der Waals surface area contributed by atoms with Crippen LogP contribution in [0.5, 0.6) is 5.75 Å². The van der Waals surface area contributed by atoms with E-state index in [1.165, 1.54) is 6.92 Å². The Kier molecular flexibility index (Phi) is 6.88. The van der Waals surface area contributed by atoms with E-state index >= 15 is 0 Å². The molecule has 2 aromatic rings. The first-order valence-electron chi connectivity index (χ1n) is 6.99. The molecular weight excluding hydrogens is 264 g/mol. The topological polar surface area (TPSA) is 43.4 Å². The maximum Gasteiger partial charge on any atom is 0.193 e. The van der Waals surface area contributed by atoms with Gasteiger partial charge in [-0.1, -0.05) is 44.2 Å². The van der Waals surface area contributed by atoms with Crippen molar-refractivity contribution in [3.8, 4) is 5.75 Å². The van der Waals surface area contributed by atoms with Crippen LogP contribution in [0, 0.1) is 0 Å². The molecule has 2 rings (SSSR count). The third-order valence-corrected chi connectivity index (χ3v) is 2.59. The highest BCUT2D eigenvalue weighted by molar-refractivity contribution is 6.08. The fourth-order valence-electron chi connectivity index (χ4n) is 1.64. The summed E-state index contributed by atoms with van der Waals surface area (Å²) in [6, 6.07) is 15.9. The van der Waals surface area contributed by atoms with E-state index in [-0.39, 0.29) is 18.2 Å². The van der Waals surface area contributed by atoms with Crippen molar-refractivity contribution in [2.75, 3.05) is 6.61 Å². The maximum absolute atomic E-state index is 12.1. The summed E-state index contributed by atoms with van der Waals surface area (Å²) in [7, 11) is 0. The van der Waals surface area contributed by atoms with Gasteiger partial charge in [0.25, 0.3) is 0 Å². The van der Waals surface area contributed by atoms with E-state index in [2.05, 4.69) is 0 Å². The van der Waals surface area contributed by atoms with Gasteiger partial charge in [-0.05, 0) is 31.2 Å². The summed E-state index contributed by atoms with van der Waals surface area (Å²) in [5.41, 5.74) is 1.25. The maximum atomic E-state index is 12.1. The summed E-state index contributed by atoms with van der Waals surface area (Å²) in [4.78, 5) is 22.9. The molecule has 0 aromatic heterocycles. The Balaban J connectivity index is 0.00000106. The highest BCUT2D eigenvalue weighted by Crippen LogP contribution is 2.15. The summed E-state index contributed by atoms with van der Waals surface area (Å²) in [5.74, 6) is 0.517. The summed E-state index contributed by atoms with van der Waals surface area (Å²) in [6.07, 6.45) is 0. The van der Waals surface area contributed by atoms with E-state index in [0.717, 1.165) is 0 Å². The molecule has 110 valence electrons. The van der Waals surface area contributed by atoms with Crippen molar-refractivity contribution < 1.29 is 14.3 Å². The zero-order chi connectivity index (χ0) is 15.7. The van der Waals surface area contributed by atoms with Gasteiger partial charge in [-0.25, -0.2) is 0 Å². The molecule has 3 nitrogen and oxygen atoms in total. The lowest BCUT2D eigenvalue weighted by Crippen LogP contribution is -2.07. The molecule has 0 heterocycles. The van der Waals surface area contributed by atoms with Gasteiger partial charge in [0.05, 0.1) is 0 Å². The second-order valence-electron chi connectivity index (χ2n) is 4.21. The minimum atomic E-state index is -0.0376. The lowest BCUT2D eigenvalue weighted by molar-refractivity contribution is -0.118. The van der Waals surface area contributed by atoms with Gasteiger partial charge >= 0.3 is 0 Å². The van der Waals surface area contributed by atoms with Crippen LogP contribution in [0.2, 0.25) is 0 Å². The monoisotopic (exact) mass is 284 g/mol. The summed E-state index contributed by atoms with van der Waals surface area (Å²) in [6.45, 7) is 5.51. The Labute approximate surface area is 125 Å². The van der Waals surface area contributed by atoms with Crippen molar-refractivity contribution in [1.29, 1.82) is 0 Å². The van der Waals surface area contributed by atoms with E-state index in [1.54, 1.807) is 36.4 Å². The SMILES string of the molecule is CC.CC(=O)COc1ccc(C(=O)c2ccccc2)cc1. The highest BCUT2D eigenvalue weighted by atomic mass is 16.5. The number of rotatable bonds is 5. The Morgan fingerprint density at radius 2 is 1.38 bits per heavy atom. The van der Waals surface area contributed by atoms with Crippen molar-refractivity contribution in [2.45, 2.75) is 20.8 Å². The highest BCUT2D eigenvalue weighted by Gasteiger charge is 2.08. The van der Waals surface area contributed by atoms with Crippen LogP contribution in [-0.2, 0) is 4.79 Å². The molecule has 0 aliphatic carbocycles. The van der Waals surface area contributed by atoms with E-state index in [4.69, 9.17) is 4.74 Å². The van der Waals surface area contributed by atoms with Crippen LogP contribution in [0.1, 0.15) is 36.7 Å². The molecule has 3 heteroatoms. The first-order chi connectivity index (χ1) is 10.2. The molecule has 0 bridgehead atoms. The third-order valence-electron chi connectivity index (χ3n) is 2.59. The number of ketones is 2. The normalized spacial score (nSPS) is 9.29. The number of hydrogen-bond donors (Lipinski definition) is 0. The standard InChI is InChI=1S/C16H14O3.C2H6/c1-12(17)11-19-15-9-7-14(8-10-15)16(18)13-5-3-2-4-6-13;1-2/h2-10H,11H2,1H3;1-2H3. The van der Waals surface area contributed by atoms with Crippen LogP contribution < -0.4 is 4.74 Å². The summed E-state index contributed by atoms with van der Waals surface area (Å²) in [5, 5.41) is 0. The molecule has 0 aliphatic heterocycles. The number of ether oxygens (including phenoxy) is 1. The number of Topliss-reactive ketones (excluding diaryl/α,β-unsaturated/α-hetero) is 1. The Morgan fingerprint density at radius 1 is 0.857 bits per heavy atom. The minimum absolute atomic E-state index is 0.0290. The van der Waals surface area contributed by atoms with Gasteiger partial charge < -0.3 is 4.74 Å². The van der Waals surface area contributed by atoms with Crippen molar-refractivity contribution in [3.63, 3.8) is 0 Å². The van der Waals surface area contributed by atoms with Crippen LogP contribution in [0.4, 0.5) is 0 Å². The number of carbonyl (C=O) groups is 2. The molecule has 0 atom stereocenters. The predicted molar refractivity (Wildman–Crippen MR) is 83.8 cm³/mol. The van der Waals surface area contributed by atoms with Crippen LogP contribution in [-0.4, -0.2) is 18.2 Å². The largest absolute Gasteiger partial charge is 0.486 e. The van der Waals surface area contributed by atoms with Gasteiger partial charge in [0.1, 0.15) is 12.4 Å². The van der Waals surface area contributed by atoms with Crippen molar-refractivity contribution in [3.05, 3.63) is 65.7 Å². The van der Waals surface area contributed by atoms with Crippen LogP contribution >= 0.6 is 0 Å². The van der Waals surface area contributed by atoms with E-state index in [0.29, 0.717) is 16.9 Å². The second kappa shape index (κ2) is 8.69. The van der Waals surface area contributed by atoms with Gasteiger partial charge in [0.15, 0.2) is 11.6 Å². The molecule has 0 saturated carbocycles. The second-order valence-corrected chi connectivity index (χ2v) is 4.21. The van der Waals surface area contributed by atoms with Gasteiger partial charge in [0, 0.05) is 11.1 Å². The first-order valence-corrected chi connectivity index (χ1v) is 6.99. The molecule has 0 fully saturated rings. The zero-order valence-corrected chi connectivity index (χ0v) is 12.6. The molecule has 21 heavy (non-hydrogen) atoms. The number of benzene rings is 2. The summed E-state index contributed by atoms with van der Waals surface area (Å²) >= 11 is 0. The van der Waals surface area contributed by atoms with Crippen LogP contribution in [0.3, 0.4) is 0 Å². The Morgan fingerprint density at radius 3 is 1.90 bits per heavy atom. The fourth-order valence-corrected chi connectivity index (χ4v) is 1.64. The van der Waals surface area contributed by atoms with Crippen molar-refractivity contribution in [2.24, 2.45) is 0 Å². The van der Waals surface area contributed by atoms with Crippen LogP contribution in [0.15, 0.2) is 54.6 Å². The van der Waals surface area contributed by atoms with Gasteiger partial charge in [0.2, 0.25) is 0 Å². The molecule has 0 unspecified atom stereocenters. The van der Waals surface area contributed by atoms with Crippen molar-refractivity contribution in [1.82, 2.24) is 0 Å². The third kappa shape index (κ3) is 5.22. The quantitative estimate of drug-likeness (QED) is 0.782. The molecular formula is C18H20O3. The van der Waals surface area contributed by atoms with E-state index < -0.39 is 0 Å². The number of hydrogen-bond acceptors (Lipinski definition) is 3. The molecule has 0 radical (unpaired) electrons. The molecule has 0 saturated heterocycles. The Hall–Kier alpha value is -2.42. The van der Waals surface area contributed by atoms with Gasteiger partial charge in [-0.2, -0.15) is 0 Å². The van der Waals surface area contributed by atoms with Gasteiger partial charge in [-0.15, -0.1) is 0 Å². The van der Waals surface area contributed by atoms with Crippen molar-refractivity contribution >= 4 is 11.6 Å². The number of carbonyl (C=O) groups excluding carboxylic acids is 2. The minimum Gasteiger partial charge on any atom is -0.486 e.